The average Bonchev–Trinajstić information content (AvgIpc) is 2.65. The van der Waals surface area contributed by atoms with Gasteiger partial charge in [0.05, 0.1) is 6.54 Å². The number of anilines is 3. The minimum atomic E-state index is 0.121. The van der Waals surface area contributed by atoms with Gasteiger partial charge in [0.2, 0.25) is 17.8 Å². The molecule has 15 heavy (non-hydrogen) atoms. The third-order valence-corrected chi connectivity index (χ3v) is 2.55. The number of nitrogens with one attached hydrogen (secondary N) is 1. The first-order valence-electron chi connectivity index (χ1n) is 4.27. The topological polar surface area (TPSA) is 103 Å². The molecule has 0 bridgehead atoms. The molecule has 0 saturated heterocycles. The normalized spacial score (nSPS) is 10.1. The van der Waals surface area contributed by atoms with Gasteiger partial charge in [0.1, 0.15) is 0 Å². The molecule has 7 heteroatoms. The second-order valence-electron chi connectivity index (χ2n) is 2.81. The summed E-state index contributed by atoms with van der Waals surface area (Å²) in [4.78, 5) is 12.7. The number of nitrogens with two attached hydrogens (primary N) is 2. The molecule has 5 N–H and O–H groups in total. The summed E-state index contributed by atoms with van der Waals surface area (Å²) in [7, 11) is 0. The molecule has 0 aliphatic rings. The zero-order valence-corrected chi connectivity index (χ0v) is 8.66. The van der Waals surface area contributed by atoms with Gasteiger partial charge in [-0.15, -0.1) is 11.3 Å². The molecule has 0 spiro atoms. The zero-order valence-electron chi connectivity index (χ0n) is 7.84. The van der Waals surface area contributed by atoms with Crippen LogP contribution in [-0.4, -0.2) is 15.0 Å². The SMILES string of the molecule is Nc1nc(N)nc(NCc2cccs2)n1. The second kappa shape index (κ2) is 4.09. The molecular formula is C8H10N6S. The molecule has 0 aliphatic carbocycles. The summed E-state index contributed by atoms with van der Waals surface area (Å²) in [5.74, 6) is 0.640. The minimum absolute atomic E-state index is 0.121. The molecule has 78 valence electrons. The third-order valence-electron chi connectivity index (χ3n) is 1.67. The lowest BCUT2D eigenvalue weighted by Gasteiger charge is -2.03. The highest BCUT2D eigenvalue weighted by Gasteiger charge is 2.01. The first-order valence-corrected chi connectivity index (χ1v) is 5.15. The van der Waals surface area contributed by atoms with Gasteiger partial charge in [-0.05, 0) is 11.4 Å². The lowest BCUT2D eigenvalue weighted by molar-refractivity contribution is 1.03. The third kappa shape index (κ3) is 2.53. The average molecular weight is 222 g/mol. The van der Waals surface area contributed by atoms with E-state index in [-0.39, 0.29) is 11.9 Å². The van der Waals surface area contributed by atoms with Crippen LogP contribution in [0.15, 0.2) is 17.5 Å². The molecule has 0 unspecified atom stereocenters. The summed E-state index contributed by atoms with van der Waals surface area (Å²) in [6.45, 7) is 0.653. The fourth-order valence-electron chi connectivity index (χ4n) is 1.07. The number of nitrogen functional groups attached to an aromatic ring is 2. The predicted molar refractivity (Wildman–Crippen MR) is 60.3 cm³/mol. The maximum Gasteiger partial charge on any atom is 0.229 e. The molecule has 0 aliphatic heterocycles. The maximum absolute atomic E-state index is 5.43. The van der Waals surface area contributed by atoms with Crippen molar-refractivity contribution in [2.24, 2.45) is 0 Å². The molecule has 0 saturated carbocycles. The zero-order chi connectivity index (χ0) is 10.7. The lowest BCUT2D eigenvalue weighted by atomic mass is 10.5. The summed E-state index contributed by atoms with van der Waals surface area (Å²) in [5, 5.41) is 5.02. The largest absolute Gasteiger partial charge is 0.368 e. The van der Waals surface area contributed by atoms with Crippen LogP contribution in [0, 0.1) is 0 Å². The van der Waals surface area contributed by atoms with E-state index in [1.54, 1.807) is 11.3 Å². The van der Waals surface area contributed by atoms with Crippen LogP contribution < -0.4 is 16.8 Å². The Bertz CT molecular complexity index is 420. The number of aromatic nitrogens is 3. The highest BCUT2D eigenvalue weighted by Crippen LogP contribution is 2.11. The van der Waals surface area contributed by atoms with Crippen LogP contribution in [0.25, 0.3) is 0 Å². The van der Waals surface area contributed by atoms with Crippen LogP contribution in [0.5, 0.6) is 0 Å². The van der Waals surface area contributed by atoms with E-state index in [2.05, 4.69) is 20.3 Å². The monoisotopic (exact) mass is 222 g/mol. The molecular weight excluding hydrogens is 212 g/mol. The van der Waals surface area contributed by atoms with Gasteiger partial charge in [-0.2, -0.15) is 15.0 Å². The van der Waals surface area contributed by atoms with Gasteiger partial charge in [0, 0.05) is 4.88 Å². The van der Waals surface area contributed by atoms with E-state index in [4.69, 9.17) is 11.5 Å². The summed E-state index contributed by atoms with van der Waals surface area (Å²) in [5.41, 5.74) is 10.9. The molecule has 0 aromatic carbocycles. The van der Waals surface area contributed by atoms with Crippen molar-refractivity contribution in [2.75, 3.05) is 16.8 Å². The van der Waals surface area contributed by atoms with Crippen LogP contribution in [0.3, 0.4) is 0 Å². The molecule has 0 radical (unpaired) electrons. The van der Waals surface area contributed by atoms with Crippen molar-refractivity contribution in [1.82, 2.24) is 15.0 Å². The molecule has 2 aromatic rings. The standard InChI is InChI=1S/C8H10N6S/c9-6-12-7(10)14-8(13-6)11-4-5-2-1-3-15-5/h1-3H,4H2,(H5,9,10,11,12,13,14). The van der Waals surface area contributed by atoms with Crippen molar-refractivity contribution in [3.8, 4) is 0 Å². The molecule has 0 amide bonds. The van der Waals surface area contributed by atoms with E-state index in [0.717, 1.165) is 0 Å². The Balaban J connectivity index is 2.05. The van der Waals surface area contributed by atoms with Gasteiger partial charge < -0.3 is 16.8 Å². The van der Waals surface area contributed by atoms with Gasteiger partial charge in [0.25, 0.3) is 0 Å². The van der Waals surface area contributed by atoms with Crippen molar-refractivity contribution in [2.45, 2.75) is 6.54 Å². The van der Waals surface area contributed by atoms with E-state index in [1.165, 1.54) is 4.88 Å². The van der Waals surface area contributed by atoms with Crippen molar-refractivity contribution in [3.05, 3.63) is 22.4 Å². The van der Waals surface area contributed by atoms with Crippen LogP contribution in [-0.2, 0) is 6.54 Å². The summed E-state index contributed by atoms with van der Waals surface area (Å²) >= 11 is 1.65. The fourth-order valence-corrected chi connectivity index (χ4v) is 1.71. The van der Waals surface area contributed by atoms with Crippen molar-refractivity contribution < 1.29 is 0 Å². The van der Waals surface area contributed by atoms with E-state index in [9.17, 15) is 0 Å². The van der Waals surface area contributed by atoms with Gasteiger partial charge in [-0.1, -0.05) is 6.07 Å². The second-order valence-corrected chi connectivity index (χ2v) is 3.84. The molecule has 2 rings (SSSR count). The highest BCUT2D eigenvalue weighted by atomic mass is 32.1. The van der Waals surface area contributed by atoms with Crippen LogP contribution in [0.4, 0.5) is 17.8 Å². The van der Waals surface area contributed by atoms with Crippen molar-refractivity contribution in [1.29, 1.82) is 0 Å². The molecule has 2 aromatic heterocycles. The Labute approximate surface area is 90.4 Å². The first kappa shape index (κ1) is 9.66. The quantitative estimate of drug-likeness (QED) is 0.706. The number of rotatable bonds is 3. The van der Waals surface area contributed by atoms with Crippen LogP contribution in [0.2, 0.25) is 0 Å². The molecule has 0 fully saturated rings. The molecule has 6 nitrogen and oxygen atoms in total. The van der Waals surface area contributed by atoms with Crippen molar-refractivity contribution >= 4 is 29.2 Å². The van der Waals surface area contributed by atoms with E-state index >= 15 is 0 Å². The number of hydrogen-bond donors (Lipinski definition) is 3. The number of hydrogen-bond acceptors (Lipinski definition) is 7. The number of nitrogens with zero attached hydrogens (tertiary/aromatic N) is 3. The fraction of sp³-hybridized carbons (Fsp3) is 0.125. The first-order chi connectivity index (χ1) is 7.24. The van der Waals surface area contributed by atoms with Gasteiger partial charge in [-0.3, -0.25) is 0 Å². The summed E-state index contributed by atoms with van der Waals surface area (Å²) in [6.07, 6.45) is 0. The van der Waals surface area contributed by atoms with Crippen LogP contribution in [0.1, 0.15) is 4.88 Å². The van der Waals surface area contributed by atoms with Crippen molar-refractivity contribution in [3.63, 3.8) is 0 Å². The van der Waals surface area contributed by atoms with Gasteiger partial charge in [-0.25, -0.2) is 0 Å². The molecule has 2 heterocycles. The number of thiophene rings is 1. The Morgan fingerprint density at radius 1 is 1.20 bits per heavy atom. The Morgan fingerprint density at radius 2 is 1.93 bits per heavy atom. The minimum Gasteiger partial charge on any atom is -0.368 e. The highest BCUT2D eigenvalue weighted by molar-refractivity contribution is 7.09. The van der Waals surface area contributed by atoms with Gasteiger partial charge >= 0.3 is 0 Å². The predicted octanol–water partition coefficient (Wildman–Crippen LogP) is 0.710. The Hall–Kier alpha value is -1.89. The van der Waals surface area contributed by atoms with Crippen LogP contribution >= 0.6 is 11.3 Å². The summed E-state index contributed by atoms with van der Waals surface area (Å²) < 4.78 is 0. The van der Waals surface area contributed by atoms with E-state index in [1.807, 2.05) is 17.5 Å². The van der Waals surface area contributed by atoms with E-state index in [0.29, 0.717) is 12.5 Å². The summed E-state index contributed by atoms with van der Waals surface area (Å²) in [6, 6.07) is 4.00. The Morgan fingerprint density at radius 3 is 2.53 bits per heavy atom. The van der Waals surface area contributed by atoms with E-state index < -0.39 is 0 Å². The molecule has 0 atom stereocenters. The Kier molecular flexibility index (Phi) is 2.64. The van der Waals surface area contributed by atoms with Gasteiger partial charge in [0.15, 0.2) is 0 Å². The lowest BCUT2D eigenvalue weighted by Crippen LogP contribution is -2.08. The smallest absolute Gasteiger partial charge is 0.229 e. The maximum atomic E-state index is 5.43.